The molecule has 3 heterocycles. The molecule has 0 unspecified atom stereocenters. The van der Waals surface area contributed by atoms with E-state index < -0.39 is 0 Å². The molecule has 0 N–H and O–H groups in total. The minimum atomic E-state index is 1.14. The van der Waals surface area contributed by atoms with Crippen molar-refractivity contribution in [2.45, 2.75) is 0 Å². The van der Waals surface area contributed by atoms with Gasteiger partial charge in [0.1, 0.15) is 0 Å². The molecular weight excluding hydrogens is 687 g/mol. The fraction of sp³-hybridized carbons (Fsp3) is 0. The van der Waals surface area contributed by atoms with Crippen LogP contribution in [-0.4, -0.2) is 0 Å². The summed E-state index contributed by atoms with van der Waals surface area (Å²) in [6.07, 6.45) is 0. The van der Waals surface area contributed by atoms with Gasteiger partial charge in [-0.25, -0.2) is 0 Å². The molecule has 0 aliphatic carbocycles. The summed E-state index contributed by atoms with van der Waals surface area (Å²) in [7, 11) is 0. The monoisotopic (exact) mass is 715 g/mol. The van der Waals surface area contributed by atoms with Crippen LogP contribution >= 0.6 is 34.0 Å². The normalized spacial score (nSPS) is 11.8. The summed E-state index contributed by atoms with van der Waals surface area (Å²) < 4.78 is 7.94. The Morgan fingerprint density at radius 3 is 1.12 bits per heavy atom. The zero-order valence-electron chi connectivity index (χ0n) is 27.9. The van der Waals surface area contributed by atoms with Gasteiger partial charge in [-0.1, -0.05) is 127 Å². The van der Waals surface area contributed by atoms with Gasteiger partial charge < -0.3 is 4.90 Å². The number of nitrogens with zero attached hydrogens (tertiary/aromatic N) is 1. The van der Waals surface area contributed by atoms with Gasteiger partial charge in [0.05, 0.1) is 10.4 Å². The molecule has 1 nitrogen and oxygen atoms in total. The third-order valence-corrected chi connectivity index (χ3v) is 14.0. The van der Waals surface area contributed by atoms with Crippen molar-refractivity contribution in [3.05, 3.63) is 176 Å². The minimum absolute atomic E-state index is 1.14. The number of rotatable bonds is 5. The number of thiophene rings is 3. The van der Waals surface area contributed by atoms with Crippen LogP contribution in [0, 0.1) is 0 Å². The lowest BCUT2D eigenvalue weighted by Crippen LogP contribution is -2.10. The molecule has 0 aliphatic heterocycles. The number of anilines is 3. The third kappa shape index (κ3) is 4.65. The average molecular weight is 716 g/mol. The van der Waals surface area contributed by atoms with Gasteiger partial charge in [0.25, 0.3) is 0 Å². The quantitative estimate of drug-likeness (QED) is 0.171. The van der Waals surface area contributed by atoms with E-state index in [-0.39, 0.29) is 0 Å². The number of hydrogen-bond donors (Lipinski definition) is 0. The highest BCUT2D eigenvalue weighted by Crippen LogP contribution is 2.47. The predicted octanol–water partition coefficient (Wildman–Crippen LogP) is 15.6. The van der Waals surface area contributed by atoms with Crippen molar-refractivity contribution in [3.63, 3.8) is 0 Å². The molecule has 244 valence electrons. The lowest BCUT2D eigenvalue weighted by molar-refractivity contribution is 1.30. The van der Waals surface area contributed by atoms with E-state index in [4.69, 9.17) is 0 Å². The van der Waals surface area contributed by atoms with Gasteiger partial charge in [-0.2, -0.15) is 0 Å². The summed E-state index contributed by atoms with van der Waals surface area (Å²) in [5.41, 5.74) is 8.48. The first-order valence-corrected chi connectivity index (χ1v) is 20.0. The van der Waals surface area contributed by atoms with Crippen LogP contribution in [0.25, 0.3) is 82.8 Å². The van der Waals surface area contributed by atoms with Crippen molar-refractivity contribution >= 4 is 112 Å². The molecule has 0 saturated carbocycles. The van der Waals surface area contributed by atoms with Crippen LogP contribution in [0.4, 0.5) is 17.1 Å². The van der Waals surface area contributed by atoms with Crippen molar-refractivity contribution in [2.75, 3.05) is 4.90 Å². The number of benzene rings is 8. The van der Waals surface area contributed by atoms with E-state index >= 15 is 0 Å². The largest absolute Gasteiger partial charge is 0.309 e. The Hall–Kier alpha value is -5.78. The zero-order valence-corrected chi connectivity index (χ0v) is 30.4. The second-order valence-electron chi connectivity index (χ2n) is 13.2. The Morgan fingerprint density at radius 1 is 0.288 bits per heavy atom. The molecule has 0 spiro atoms. The summed E-state index contributed by atoms with van der Waals surface area (Å²) >= 11 is 5.64. The average Bonchev–Trinajstić information content (AvgIpc) is 3.90. The molecule has 52 heavy (non-hydrogen) atoms. The topological polar surface area (TPSA) is 3.24 Å². The highest BCUT2D eigenvalue weighted by Gasteiger charge is 2.19. The molecule has 3 aromatic heterocycles. The van der Waals surface area contributed by atoms with Crippen LogP contribution in [0.1, 0.15) is 0 Å². The van der Waals surface area contributed by atoms with Crippen LogP contribution in [0.3, 0.4) is 0 Å². The van der Waals surface area contributed by atoms with Gasteiger partial charge in [-0.05, 0) is 70.8 Å². The van der Waals surface area contributed by atoms with Crippen molar-refractivity contribution in [1.29, 1.82) is 0 Å². The highest BCUT2D eigenvalue weighted by atomic mass is 32.1. The Labute approximate surface area is 312 Å². The summed E-state index contributed by atoms with van der Waals surface area (Å²) in [5.74, 6) is 0. The van der Waals surface area contributed by atoms with E-state index in [1.54, 1.807) is 0 Å². The Balaban J connectivity index is 1.06. The van der Waals surface area contributed by atoms with Gasteiger partial charge >= 0.3 is 0 Å². The predicted molar refractivity (Wildman–Crippen MR) is 231 cm³/mol. The maximum absolute atomic E-state index is 2.44. The second kappa shape index (κ2) is 11.9. The van der Waals surface area contributed by atoms with Crippen LogP contribution in [-0.2, 0) is 0 Å². The van der Waals surface area contributed by atoms with E-state index in [2.05, 4.69) is 181 Å². The lowest BCUT2D eigenvalue weighted by Gasteiger charge is -2.26. The van der Waals surface area contributed by atoms with Gasteiger partial charge in [0, 0.05) is 67.2 Å². The third-order valence-electron chi connectivity index (χ3n) is 10.3. The Morgan fingerprint density at radius 2 is 0.654 bits per heavy atom. The maximum Gasteiger partial charge on any atom is 0.0640 e. The smallest absolute Gasteiger partial charge is 0.0640 e. The standard InChI is InChI=1S/C48H29NS3/c1-4-19-43-36(10-1)39-15-7-13-34(46(39)50-43)30-22-26-32(27-23-30)49(42-18-9-17-41-38-12-3-6-21-45(38)52-48(41)42)33-28-24-31(25-29-33)35-14-8-16-40-37-11-2-5-20-44(37)51-47(35)40/h1-29H. The van der Waals surface area contributed by atoms with Crippen molar-refractivity contribution in [2.24, 2.45) is 0 Å². The molecule has 11 aromatic rings. The van der Waals surface area contributed by atoms with Gasteiger partial charge in [-0.15, -0.1) is 34.0 Å². The van der Waals surface area contributed by atoms with Gasteiger partial charge in [0.15, 0.2) is 0 Å². The van der Waals surface area contributed by atoms with Gasteiger partial charge in [0.2, 0.25) is 0 Å². The van der Waals surface area contributed by atoms with E-state index in [0.29, 0.717) is 0 Å². The second-order valence-corrected chi connectivity index (χ2v) is 16.4. The molecule has 0 atom stereocenters. The van der Waals surface area contributed by atoms with Crippen molar-refractivity contribution in [3.8, 4) is 22.3 Å². The summed E-state index contributed by atoms with van der Waals surface area (Å²) in [6, 6.07) is 64.8. The van der Waals surface area contributed by atoms with E-state index in [0.717, 1.165) is 11.4 Å². The molecule has 0 fully saturated rings. The summed E-state index contributed by atoms with van der Waals surface area (Å²) in [6.45, 7) is 0. The molecule has 0 aliphatic rings. The first-order valence-electron chi connectivity index (χ1n) is 17.5. The molecule has 0 radical (unpaired) electrons. The maximum atomic E-state index is 2.44. The molecule has 8 aromatic carbocycles. The van der Waals surface area contributed by atoms with Crippen LogP contribution < -0.4 is 4.90 Å². The van der Waals surface area contributed by atoms with E-state index in [1.807, 2.05) is 34.0 Å². The molecular formula is C48H29NS3. The van der Waals surface area contributed by atoms with Crippen LogP contribution in [0.2, 0.25) is 0 Å². The van der Waals surface area contributed by atoms with Crippen molar-refractivity contribution < 1.29 is 0 Å². The van der Waals surface area contributed by atoms with E-state index in [1.165, 1.54) is 88.5 Å². The molecule has 4 heteroatoms. The molecule has 11 rings (SSSR count). The highest BCUT2D eigenvalue weighted by molar-refractivity contribution is 7.27. The Bertz CT molecular complexity index is 2970. The molecule has 0 saturated heterocycles. The van der Waals surface area contributed by atoms with Gasteiger partial charge in [-0.3, -0.25) is 0 Å². The fourth-order valence-corrected chi connectivity index (χ4v) is 11.5. The van der Waals surface area contributed by atoms with E-state index in [9.17, 15) is 0 Å². The molecule has 0 amide bonds. The molecule has 0 bridgehead atoms. The summed E-state index contributed by atoms with van der Waals surface area (Å²) in [4.78, 5) is 2.44. The fourth-order valence-electron chi connectivity index (χ4n) is 7.86. The zero-order chi connectivity index (χ0) is 34.2. The summed E-state index contributed by atoms with van der Waals surface area (Å²) in [5, 5.41) is 7.91. The minimum Gasteiger partial charge on any atom is -0.309 e. The number of hydrogen-bond acceptors (Lipinski definition) is 4. The number of fused-ring (bicyclic) bond motifs is 9. The van der Waals surface area contributed by atoms with Crippen LogP contribution in [0.5, 0.6) is 0 Å². The van der Waals surface area contributed by atoms with Crippen molar-refractivity contribution in [1.82, 2.24) is 0 Å². The van der Waals surface area contributed by atoms with Crippen LogP contribution in [0.15, 0.2) is 176 Å². The first kappa shape index (κ1) is 29.9. The lowest BCUT2D eigenvalue weighted by atomic mass is 10.0. The first-order chi connectivity index (χ1) is 25.8. The Kier molecular flexibility index (Phi) is 6.84. The SMILES string of the molecule is c1ccc2c(c1)sc1c(-c3ccc(N(c4ccc(-c5cccc6c5sc5ccccc56)cc4)c4cccc5c4sc4ccccc45)cc3)cccc12.